The summed E-state index contributed by atoms with van der Waals surface area (Å²) in [6, 6.07) is 11.7. The number of carbonyl (C=O) groups is 1. The van der Waals surface area contributed by atoms with Gasteiger partial charge in [0.05, 0.1) is 24.0 Å². The Morgan fingerprint density at radius 1 is 1.14 bits per heavy atom. The highest BCUT2D eigenvalue weighted by atomic mass is 19.4. The van der Waals surface area contributed by atoms with Gasteiger partial charge in [0, 0.05) is 19.1 Å². The lowest BCUT2D eigenvalue weighted by Crippen LogP contribution is -2.49. The summed E-state index contributed by atoms with van der Waals surface area (Å²) in [7, 11) is 1.60. The molecule has 0 aromatic heterocycles. The van der Waals surface area contributed by atoms with E-state index in [1.807, 2.05) is 24.3 Å². The summed E-state index contributed by atoms with van der Waals surface area (Å²) < 4.78 is 44.6. The van der Waals surface area contributed by atoms with Gasteiger partial charge < -0.3 is 20.3 Å². The number of amides is 2. The maximum Gasteiger partial charge on any atom is 0.418 e. The van der Waals surface area contributed by atoms with Crippen LogP contribution in [0.3, 0.4) is 0 Å². The van der Waals surface area contributed by atoms with Gasteiger partial charge in [0.25, 0.3) is 0 Å². The second-order valence-corrected chi connectivity index (χ2v) is 6.60. The van der Waals surface area contributed by atoms with Gasteiger partial charge in [0.1, 0.15) is 5.75 Å². The van der Waals surface area contributed by atoms with E-state index in [4.69, 9.17) is 4.74 Å². The number of piperidine rings is 1. The molecule has 150 valence electrons. The Labute approximate surface area is 161 Å². The SMILES string of the molecule is COc1ccccc1N1CCCC(NC(=O)Nc2ccccc2C(F)(F)F)C1. The van der Waals surface area contributed by atoms with E-state index in [-0.39, 0.29) is 11.7 Å². The number of rotatable bonds is 4. The van der Waals surface area contributed by atoms with Crippen LogP contribution < -0.4 is 20.3 Å². The summed E-state index contributed by atoms with van der Waals surface area (Å²) in [6.07, 6.45) is -2.93. The quantitative estimate of drug-likeness (QED) is 0.804. The first-order chi connectivity index (χ1) is 13.4. The second kappa shape index (κ2) is 8.41. The van der Waals surface area contributed by atoms with E-state index < -0.39 is 17.8 Å². The first-order valence-corrected chi connectivity index (χ1v) is 9.00. The zero-order valence-electron chi connectivity index (χ0n) is 15.4. The molecule has 28 heavy (non-hydrogen) atoms. The van der Waals surface area contributed by atoms with Crippen molar-refractivity contribution in [2.24, 2.45) is 0 Å². The van der Waals surface area contributed by atoms with Crippen molar-refractivity contribution in [3.63, 3.8) is 0 Å². The Kier molecular flexibility index (Phi) is 5.96. The highest BCUT2D eigenvalue weighted by Gasteiger charge is 2.33. The highest BCUT2D eigenvalue weighted by Crippen LogP contribution is 2.34. The molecule has 0 spiro atoms. The van der Waals surface area contributed by atoms with Crippen molar-refractivity contribution in [3.05, 3.63) is 54.1 Å². The van der Waals surface area contributed by atoms with E-state index in [1.54, 1.807) is 7.11 Å². The van der Waals surface area contributed by atoms with Gasteiger partial charge in [-0.15, -0.1) is 0 Å². The van der Waals surface area contributed by atoms with Crippen LogP contribution in [-0.4, -0.2) is 32.3 Å². The van der Waals surface area contributed by atoms with Gasteiger partial charge in [-0.1, -0.05) is 24.3 Å². The molecule has 8 heteroatoms. The number of hydrogen-bond acceptors (Lipinski definition) is 3. The predicted octanol–water partition coefficient (Wildman–Crippen LogP) is 4.50. The summed E-state index contributed by atoms with van der Waals surface area (Å²) in [4.78, 5) is 14.4. The minimum absolute atomic E-state index is 0.184. The molecule has 2 N–H and O–H groups in total. The minimum atomic E-state index is -4.53. The Morgan fingerprint density at radius 3 is 2.61 bits per heavy atom. The summed E-state index contributed by atoms with van der Waals surface area (Å²) in [5, 5.41) is 5.11. The molecule has 1 saturated heterocycles. The van der Waals surface area contributed by atoms with Crippen LogP contribution in [0.4, 0.5) is 29.3 Å². The highest BCUT2D eigenvalue weighted by molar-refractivity contribution is 5.90. The molecule has 1 aliphatic rings. The summed E-state index contributed by atoms with van der Waals surface area (Å²) in [5.74, 6) is 0.742. The molecule has 0 bridgehead atoms. The van der Waals surface area contributed by atoms with E-state index in [9.17, 15) is 18.0 Å². The molecule has 0 radical (unpaired) electrons. The molecule has 2 aromatic rings. The van der Waals surface area contributed by atoms with Crippen LogP contribution in [0.1, 0.15) is 18.4 Å². The molecule has 2 amide bonds. The van der Waals surface area contributed by atoms with Crippen molar-refractivity contribution in [2.75, 3.05) is 30.4 Å². The Hall–Kier alpha value is -2.90. The molecular weight excluding hydrogens is 371 g/mol. The van der Waals surface area contributed by atoms with Crippen molar-refractivity contribution >= 4 is 17.4 Å². The van der Waals surface area contributed by atoms with Gasteiger partial charge in [0.2, 0.25) is 0 Å². The summed E-state index contributed by atoms with van der Waals surface area (Å²) >= 11 is 0. The normalized spacial score (nSPS) is 17.1. The molecule has 1 fully saturated rings. The molecule has 0 saturated carbocycles. The monoisotopic (exact) mass is 393 g/mol. The number of nitrogens with one attached hydrogen (secondary N) is 2. The average Bonchev–Trinajstić information content (AvgIpc) is 2.67. The van der Waals surface area contributed by atoms with E-state index in [2.05, 4.69) is 15.5 Å². The molecule has 3 rings (SSSR count). The molecular formula is C20H22F3N3O2. The Morgan fingerprint density at radius 2 is 1.86 bits per heavy atom. The lowest BCUT2D eigenvalue weighted by molar-refractivity contribution is -0.136. The number of methoxy groups -OCH3 is 1. The molecule has 1 aliphatic heterocycles. The van der Waals surface area contributed by atoms with Crippen LogP contribution in [0.25, 0.3) is 0 Å². The maximum absolute atomic E-state index is 13.1. The van der Waals surface area contributed by atoms with Crippen molar-refractivity contribution in [3.8, 4) is 5.75 Å². The molecule has 2 aromatic carbocycles. The number of ether oxygens (including phenoxy) is 1. The number of benzene rings is 2. The van der Waals surface area contributed by atoms with E-state index in [1.165, 1.54) is 18.2 Å². The summed E-state index contributed by atoms with van der Waals surface area (Å²) in [5.41, 5.74) is -0.200. The zero-order chi connectivity index (χ0) is 20.1. The van der Waals surface area contributed by atoms with Gasteiger partial charge >= 0.3 is 12.2 Å². The van der Waals surface area contributed by atoms with E-state index in [0.717, 1.165) is 36.9 Å². The summed E-state index contributed by atoms with van der Waals surface area (Å²) in [6.45, 7) is 1.37. The van der Waals surface area contributed by atoms with Crippen LogP contribution in [0.2, 0.25) is 0 Å². The van der Waals surface area contributed by atoms with Gasteiger partial charge in [-0.05, 0) is 37.1 Å². The van der Waals surface area contributed by atoms with Crippen molar-refractivity contribution in [2.45, 2.75) is 25.1 Å². The lowest BCUT2D eigenvalue weighted by Gasteiger charge is -2.35. The van der Waals surface area contributed by atoms with Gasteiger partial charge in [-0.25, -0.2) is 4.79 Å². The molecule has 5 nitrogen and oxygen atoms in total. The number of para-hydroxylation sites is 3. The minimum Gasteiger partial charge on any atom is -0.495 e. The van der Waals surface area contributed by atoms with E-state index in [0.29, 0.717) is 6.54 Å². The first kappa shape index (κ1) is 19.9. The number of halogens is 3. The van der Waals surface area contributed by atoms with Gasteiger partial charge in [0.15, 0.2) is 0 Å². The fraction of sp³-hybridized carbons (Fsp3) is 0.350. The third kappa shape index (κ3) is 4.68. The third-order valence-corrected chi connectivity index (χ3v) is 4.66. The van der Waals surface area contributed by atoms with Gasteiger partial charge in [-0.2, -0.15) is 13.2 Å². The number of anilines is 2. The molecule has 1 atom stereocenters. The second-order valence-electron chi connectivity index (χ2n) is 6.60. The number of alkyl halides is 3. The van der Waals surface area contributed by atoms with Crippen molar-refractivity contribution < 1.29 is 22.7 Å². The zero-order valence-corrected chi connectivity index (χ0v) is 15.4. The van der Waals surface area contributed by atoms with Crippen LogP contribution in [0.15, 0.2) is 48.5 Å². The Balaban J connectivity index is 1.65. The number of carbonyl (C=O) groups excluding carboxylic acids is 1. The standard InChI is InChI=1S/C20H22F3N3O2/c1-28-18-11-5-4-10-17(18)26-12-6-7-14(13-26)24-19(27)25-16-9-3-2-8-15(16)20(21,22)23/h2-5,8-11,14H,6-7,12-13H2,1H3,(H2,24,25,27). The lowest BCUT2D eigenvalue weighted by atomic mass is 10.0. The van der Waals surface area contributed by atoms with Crippen LogP contribution >= 0.6 is 0 Å². The third-order valence-electron chi connectivity index (χ3n) is 4.66. The number of hydrogen-bond donors (Lipinski definition) is 2. The predicted molar refractivity (Wildman–Crippen MR) is 102 cm³/mol. The molecule has 0 aliphatic carbocycles. The fourth-order valence-corrected chi connectivity index (χ4v) is 3.39. The Bertz CT molecular complexity index is 826. The number of nitrogens with zero attached hydrogens (tertiary/aromatic N) is 1. The molecule has 1 unspecified atom stereocenters. The van der Waals surface area contributed by atoms with E-state index >= 15 is 0 Å². The number of urea groups is 1. The van der Waals surface area contributed by atoms with Gasteiger partial charge in [-0.3, -0.25) is 0 Å². The topological polar surface area (TPSA) is 53.6 Å². The average molecular weight is 393 g/mol. The fourth-order valence-electron chi connectivity index (χ4n) is 3.39. The largest absolute Gasteiger partial charge is 0.495 e. The first-order valence-electron chi connectivity index (χ1n) is 9.00. The maximum atomic E-state index is 13.1. The smallest absolute Gasteiger partial charge is 0.418 e. The van der Waals surface area contributed by atoms with Crippen LogP contribution in [0, 0.1) is 0 Å². The van der Waals surface area contributed by atoms with Crippen LogP contribution in [-0.2, 0) is 6.18 Å². The van der Waals surface area contributed by atoms with Crippen molar-refractivity contribution in [1.82, 2.24) is 5.32 Å². The van der Waals surface area contributed by atoms with Crippen molar-refractivity contribution in [1.29, 1.82) is 0 Å². The molecule has 1 heterocycles. The van der Waals surface area contributed by atoms with Crippen LogP contribution in [0.5, 0.6) is 5.75 Å².